The molecule has 1 aromatic carbocycles. The molecule has 9 heteroatoms. The van der Waals surface area contributed by atoms with Crippen molar-refractivity contribution in [1.29, 1.82) is 0 Å². The fraction of sp³-hybridized carbons (Fsp3) is 0.316. The first-order valence-corrected chi connectivity index (χ1v) is 8.82. The molecule has 1 aliphatic heterocycles. The van der Waals surface area contributed by atoms with Gasteiger partial charge in [0, 0.05) is 37.4 Å². The number of rotatable bonds is 3. The molecule has 0 amide bonds. The highest BCUT2D eigenvalue weighted by atomic mass is 19.4. The Morgan fingerprint density at radius 2 is 1.82 bits per heavy atom. The summed E-state index contributed by atoms with van der Waals surface area (Å²) in [5, 5.41) is 4.13. The van der Waals surface area contributed by atoms with Gasteiger partial charge in [-0.15, -0.1) is 0 Å². The fourth-order valence-electron chi connectivity index (χ4n) is 3.39. The molecule has 0 radical (unpaired) electrons. The molecule has 28 heavy (non-hydrogen) atoms. The summed E-state index contributed by atoms with van der Waals surface area (Å²) in [4.78, 5) is 19.0. The van der Waals surface area contributed by atoms with E-state index in [0.717, 1.165) is 6.07 Å². The number of piperazine rings is 1. The second-order valence-electron chi connectivity index (χ2n) is 6.81. The predicted octanol–water partition coefficient (Wildman–Crippen LogP) is 2.98. The molecule has 0 bridgehead atoms. The van der Waals surface area contributed by atoms with Crippen LogP contribution in [-0.2, 0) is 6.18 Å². The largest absolute Gasteiger partial charge is 0.418 e. The van der Waals surface area contributed by atoms with Gasteiger partial charge in [0.15, 0.2) is 11.9 Å². The lowest BCUT2D eigenvalue weighted by molar-refractivity contribution is -0.137. The van der Waals surface area contributed by atoms with Crippen molar-refractivity contribution in [3.05, 3.63) is 47.8 Å². The Balaban J connectivity index is 1.80. The van der Waals surface area contributed by atoms with Crippen LogP contribution in [0, 0.1) is 0 Å². The molecule has 2 aromatic heterocycles. The predicted molar refractivity (Wildman–Crippen MR) is 98.5 cm³/mol. The molecule has 1 aliphatic rings. The summed E-state index contributed by atoms with van der Waals surface area (Å²) in [7, 11) is 1.95. The number of anilines is 1. The van der Waals surface area contributed by atoms with Crippen molar-refractivity contribution in [3.63, 3.8) is 0 Å². The van der Waals surface area contributed by atoms with Crippen LogP contribution in [0.4, 0.5) is 18.9 Å². The van der Waals surface area contributed by atoms with Crippen LogP contribution in [0.5, 0.6) is 0 Å². The second-order valence-corrected chi connectivity index (χ2v) is 6.81. The zero-order valence-electron chi connectivity index (χ0n) is 15.1. The number of alkyl halides is 3. The van der Waals surface area contributed by atoms with E-state index in [1.807, 2.05) is 7.05 Å². The lowest BCUT2D eigenvalue weighted by Crippen LogP contribution is -2.45. The van der Waals surface area contributed by atoms with Crippen LogP contribution in [0.25, 0.3) is 16.9 Å². The van der Waals surface area contributed by atoms with Gasteiger partial charge in [0.05, 0.1) is 17.5 Å². The van der Waals surface area contributed by atoms with Crippen LogP contribution in [0.1, 0.15) is 16.1 Å². The molecule has 0 atom stereocenters. The third-order valence-electron chi connectivity index (χ3n) is 4.95. The zero-order valence-corrected chi connectivity index (χ0v) is 15.1. The molecule has 6 nitrogen and oxygen atoms in total. The van der Waals surface area contributed by atoms with Crippen LogP contribution in [0.3, 0.4) is 0 Å². The van der Waals surface area contributed by atoms with Gasteiger partial charge in [-0.2, -0.15) is 18.3 Å². The number of hydrogen-bond acceptors (Lipinski definition) is 5. The number of likely N-dealkylation sites (N-methyl/N-ethyl adjacent to an activating group) is 1. The van der Waals surface area contributed by atoms with E-state index in [4.69, 9.17) is 0 Å². The summed E-state index contributed by atoms with van der Waals surface area (Å²) in [6, 6.07) is 7.39. The first kappa shape index (κ1) is 18.4. The monoisotopic (exact) mass is 389 g/mol. The summed E-state index contributed by atoms with van der Waals surface area (Å²) in [6.07, 6.45) is -2.45. The maximum atomic E-state index is 13.8. The van der Waals surface area contributed by atoms with Crippen LogP contribution in [-0.4, -0.2) is 59.0 Å². The topological polar surface area (TPSA) is 53.7 Å². The number of carbonyl (C=O) groups excluding carboxylic acids is 1. The molecule has 1 fully saturated rings. The van der Waals surface area contributed by atoms with Crippen LogP contribution in [0.2, 0.25) is 0 Å². The highest BCUT2D eigenvalue weighted by molar-refractivity contribution is 5.73. The number of imidazole rings is 1. The van der Waals surface area contributed by atoms with Gasteiger partial charge in [0.25, 0.3) is 0 Å². The molecule has 3 heterocycles. The maximum absolute atomic E-state index is 13.8. The van der Waals surface area contributed by atoms with Gasteiger partial charge >= 0.3 is 6.18 Å². The maximum Gasteiger partial charge on any atom is 0.418 e. The van der Waals surface area contributed by atoms with E-state index >= 15 is 0 Å². The molecule has 1 saturated heterocycles. The minimum atomic E-state index is -4.49. The van der Waals surface area contributed by atoms with Crippen LogP contribution < -0.4 is 4.90 Å². The van der Waals surface area contributed by atoms with Gasteiger partial charge in [-0.25, -0.2) is 9.50 Å². The fourth-order valence-corrected chi connectivity index (χ4v) is 3.39. The van der Waals surface area contributed by atoms with Crippen molar-refractivity contribution in [3.8, 4) is 11.3 Å². The van der Waals surface area contributed by atoms with Crippen LogP contribution in [0.15, 0.2) is 36.5 Å². The van der Waals surface area contributed by atoms with Gasteiger partial charge in [0.2, 0.25) is 0 Å². The highest BCUT2D eigenvalue weighted by Gasteiger charge is 2.36. The lowest BCUT2D eigenvalue weighted by atomic mass is 10.0. The normalized spacial score (nSPS) is 15.9. The van der Waals surface area contributed by atoms with E-state index in [0.29, 0.717) is 49.4 Å². The number of aromatic nitrogens is 3. The molecule has 0 aliphatic carbocycles. The van der Waals surface area contributed by atoms with E-state index < -0.39 is 11.7 Å². The second kappa shape index (κ2) is 6.90. The van der Waals surface area contributed by atoms with Crippen molar-refractivity contribution < 1.29 is 18.0 Å². The Labute approximate surface area is 159 Å². The van der Waals surface area contributed by atoms with Crippen molar-refractivity contribution in [2.24, 2.45) is 0 Å². The highest BCUT2D eigenvalue weighted by Crippen LogP contribution is 2.39. The average Bonchev–Trinajstić information content (AvgIpc) is 3.10. The molecular formula is C19H18F3N5O. The summed E-state index contributed by atoms with van der Waals surface area (Å²) >= 11 is 0. The van der Waals surface area contributed by atoms with Crippen molar-refractivity contribution in [1.82, 2.24) is 19.5 Å². The molecular weight excluding hydrogens is 371 g/mol. The van der Waals surface area contributed by atoms with Crippen molar-refractivity contribution in [2.45, 2.75) is 6.18 Å². The van der Waals surface area contributed by atoms with Crippen LogP contribution >= 0.6 is 0 Å². The molecule has 0 N–H and O–H groups in total. The minimum absolute atomic E-state index is 0.178. The summed E-state index contributed by atoms with van der Waals surface area (Å²) in [5.41, 5.74) is 0.868. The Morgan fingerprint density at radius 1 is 1.07 bits per heavy atom. The standard InChI is InChI=1S/C19H18F3N5O/c1-25-6-8-26(9-7-25)16-4-2-13(10-15(16)19(20,21)22)17-11-23-18-5-3-14(12-28)24-27(17)18/h2-5,10-12H,6-9H2,1H3. The van der Waals surface area contributed by atoms with Gasteiger partial charge in [-0.05, 0) is 31.3 Å². The van der Waals surface area contributed by atoms with Gasteiger partial charge in [-0.3, -0.25) is 4.79 Å². The molecule has 0 unspecified atom stereocenters. The smallest absolute Gasteiger partial charge is 0.368 e. The first-order valence-electron chi connectivity index (χ1n) is 8.82. The molecule has 4 rings (SSSR count). The number of aldehydes is 1. The van der Waals surface area contributed by atoms with Crippen molar-refractivity contribution in [2.75, 3.05) is 38.1 Å². The van der Waals surface area contributed by atoms with E-state index in [1.165, 1.54) is 22.8 Å². The number of halogens is 3. The SMILES string of the molecule is CN1CCN(c2ccc(-c3cnc4ccc(C=O)nn34)cc2C(F)(F)F)CC1. The summed E-state index contributed by atoms with van der Waals surface area (Å²) in [5.74, 6) is 0. The Hall–Kier alpha value is -2.94. The Bertz CT molecular complexity index is 1020. The van der Waals surface area contributed by atoms with E-state index in [9.17, 15) is 18.0 Å². The number of fused-ring (bicyclic) bond motifs is 1. The number of benzene rings is 1. The van der Waals surface area contributed by atoms with Gasteiger partial charge in [0.1, 0.15) is 5.69 Å². The zero-order chi connectivity index (χ0) is 19.9. The van der Waals surface area contributed by atoms with E-state index in [1.54, 1.807) is 17.0 Å². The first-order chi connectivity index (χ1) is 13.4. The van der Waals surface area contributed by atoms with E-state index in [2.05, 4.69) is 15.0 Å². The number of hydrogen-bond donors (Lipinski definition) is 0. The summed E-state index contributed by atoms with van der Waals surface area (Å²) < 4.78 is 42.8. The molecule has 146 valence electrons. The Kier molecular flexibility index (Phi) is 4.54. The third-order valence-corrected chi connectivity index (χ3v) is 4.95. The molecule has 3 aromatic rings. The van der Waals surface area contributed by atoms with Gasteiger partial charge < -0.3 is 9.80 Å². The number of carbonyl (C=O) groups is 1. The quantitative estimate of drug-likeness (QED) is 0.645. The Morgan fingerprint density at radius 3 is 2.50 bits per heavy atom. The van der Waals surface area contributed by atoms with Gasteiger partial charge in [-0.1, -0.05) is 6.07 Å². The molecule has 0 saturated carbocycles. The molecule has 0 spiro atoms. The third kappa shape index (κ3) is 3.33. The van der Waals surface area contributed by atoms with E-state index in [-0.39, 0.29) is 11.4 Å². The van der Waals surface area contributed by atoms with Crippen molar-refractivity contribution >= 4 is 17.6 Å². The average molecular weight is 389 g/mol. The summed E-state index contributed by atoms with van der Waals surface area (Å²) in [6.45, 7) is 2.51. The lowest BCUT2D eigenvalue weighted by Gasteiger charge is -2.35. The minimum Gasteiger partial charge on any atom is -0.368 e. The number of nitrogens with zero attached hydrogens (tertiary/aromatic N) is 5.